The molecule has 0 fully saturated rings. The minimum Gasteiger partial charge on any atom is -0.348 e. The van der Waals surface area contributed by atoms with Crippen molar-refractivity contribution in [3.63, 3.8) is 0 Å². The van der Waals surface area contributed by atoms with Crippen LogP contribution in [-0.2, 0) is 13.1 Å². The number of benzene rings is 3. The summed E-state index contributed by atoms with van der Waals surface area (Å²) in [6.45, 7) is 7.07. The molecule has 4 heteroatoms. The lowest BCUT2D eigenvalue weighted by atomic mass is 10.1. The van der Waals surface area contributed by atoms with Gasteiger partial charge < -0.3 is 9.88 Å². The summed E-state index contributed by atoms with van der Waals surface area (Å²) in [7, 11) is 0. The Bertz CT molecular complexity index is 1240. The maximum Gasteiger partial charge on any atom is 0.251 e. The molecule has 0 aliphatic heterocycles. The van der Waals surface area contributed by atoms with Crippen molar-refractivity contribution in [1.29, 1.82) is 0 Å². The van der Waals surface area contributed by atoms with E-state index in [4.69, 9.17) is 0 Å². The van der Waals surface area contributed by atoms with Gasteiger partial charge in [-0.15, -0.1) is 0 Å². The first-order chi connectivity index (χ1) is 14.4. The third-order valence-electron chi connectivity index (χ3n) is 5.72. The molecule has 1 N–H and O–H groups in total. The van der Waals surface area contributed by atoms with Crippen LogP contribution in [0.1, 0.15) is 38.3 Å². The van der Waals surface area contributed by atoms with Crippen LogP contribution in [0.4, 0.5) is 4.39 Å². The van der Waals surface area contributed by atoms with Gasteiger partial charge >= 0.3 is 0 Å². The van der Waals surface area contributed by atoms with E-state index in [0.717, 1.165) is 27.7 Å². The Labute approximate surface area is 176 Å². The van der Waals surface area contributed by atoms with Gasteiger partial charge in [0, 0.05) is 34.3 Å². The summed E-state index contributed by atoms with van der Waals surface area (Å²) >= 11 is 0. The normalized spacial score (nSPS) is 11.1. The first-order valence-electron chi connectivity index (χ1n) is 10.1. The van der Waals surface area contributed by atoms with Crippen LogP contribution in [0.2, 0.25) is 0 Å². The quantitative estimate of drug-likeness (QED) is 0.459. The average Bonchev–Trinajstić information content (AvgIpc) is 2.98. The zero-order valence-corrected chi connectivity index (χ0v) is 17.5. The van der Waals surface area contributed by atoms with E-state index < -0.39 is 0 Å². The fourth-order valence-corrected chi connectivity index (χ4v) is 3.90. The third kappa shape index (κ3) is 3.86. The fourth-order valence-electron chi connectivity index (χ4n) is 3.90. The molecule has 30 heavy (non-hydrogen) atoms. The molecule has 0 radical (unpaired) electrons. The third-order valence-corrected chi connectivity index (χ3v) is 5.72. The average molecular weight is 400 g/mol. The summed E-state index contributed by atoms with van der Waals surface area (Å²) in [5, 5.41) is 4.02. The van der Waals surface area contributed by atoms with Crippen LogP contribution in [0.3, 0.4) is 0 Å². The van der Waals surface area contributed by atoms with E-state index >= 15 is 0 Å². The monoisotopic (exact) mass is 400 g/mol. The van der Waals surface area contributed by atoms with Gasteiger partial charge in [-0.1, -0.05) is 48.0 Å². The van der Waals surface area contributed by atoms with Gasteiger partial charge in [-0.05, 0) is 56.2 Å². The summed E-state index contributed by atoms with van der Waals surface area (Å²) in [5.41, 5.74) is 6.71. The number of hydrogen-bond donors (Lipinski definition) is 1. The van der Waals surface area contributed by atoms with Gasteiger partial charge in [-0.2, -0.15) is 0 Å². The lowest BCUT2D eigenvalue weighted by molar-refractivity contribution is 0.0951. The van der Waals surface area contributed by atoms with Crippen molar-refractivity contribution < 1.29 is 9.18 Å². The van der Waals surface area contributed by atoms with Crippen LogP contribution in [0, 0.1) is 26.6 Å². The number of carbonyl (C=O) groups is 1. The highest BCUT2D eigenvalue weighted by Crippen LogP contribution is 2.27. The largest absolute Gasteiger partial charge is 0.348 e. The molecule has 3 nitrogen and oxygen atoms in total. The summed E-state index contributed by atoms with van der Waals surface area (Å²) in [5.74, 6) is -0.305. The van der Waals surface area contributed by atoms with E-state index in [2.05, 4.69) is 16.0 Å². The van der Waals surface area contributed by atoms with Crippen molar-refractivity contribution in [3.8, 4) is 0 Å². The molecular formula is C26H25FN2O. The van der Waals surface area contributed by atoms with E-state index in [-0.39, 0.29) is 11.7 Å². The Balaban J connectivity index is 1.60. The smallest absolute Gasteiger partial charge is 0.251 e. The van der Waals surface area contributed by atoms with Crippen LogP contribution >= 0.6 is 0 Å². The highest BCUT2D eigenvalue weighted by Gasteiger charge is 2.15. The number of nitrogens with one attached hydrogen (secondary N) is 1. The first kappa shape index (κ1) is 19.9. The topological polar surface area (TPSA) is 34.0 Å². The second-order valence-electron chi connectivity index (χ2n) is 7.79. The number of hydrogen-bond acceptors (Lipinski definition) is 1. The highest BCUT2D eigenvalue weighted by atomic mass is 19.1. The standard InChI is InChI=1S/C26H25FN2O/c1-17-7-6-8-20(13-17)15-28-26(30)21-11-12-25-23(14-21)18(2)19(3)29(25)16-22-9-4-5-10-24(22)27/h4-14H,15-16H2,1-3H3,(H,28,30). The Kier molecular flexibility index (Phi) is 5.40. The van der Waals surface area contributed by atoms with Gasteiger partial charge in [0.05, 0.1) is 6.54 Å². The first-order valence-corrected chi connectivity index (χ1v) is 10.1. The molecule has 4 aromatic rings. The van der Waals surface area contributed by atoms with E-state index in [1.165, 1.54) is 11.6 Å². The molecule has 4 rings (SSSR count). The number of aryl methyl sites for hydroxylation is 2. The number of carbonyl (C=O) groups excluding carboxylic acids is 1. The minimum absolute atomic E-state index is 0.0997. The number of halogens is 1. The molecule has 1 heterocycles. The molecule has 0 saturated carbocycles. The van der Waals surface area contributed by atoms with Crippen molar-refractivity contribution in [3.05, 3.63) is 106 Å². The molecule has 0 aliphatic carbocycles. The van der Waals surface area contributed by atoms with Gasteiger partial charge in [0.15, 0.2) is 0 Å². The fraction of sp³-hybridized carbons (Fsp3) is 0.192. The Hall–Kier alpha value is -3.40. The lowest BCUT2D eigenvalue weighted by Gasteiger charge is -2.10. The van der Waals surface area contributed by atoms with Crippen LogP contribution in [0.5, 0.6) is 0 Å². The van der Waals surface area contributed by atoms with E-state index in [9.17, 15) is 9.18 Å². The molecule has 0 bridgehead atoms. The summed E-state index contributed by atoms with van der Waals surface area (Å²) < 4.78 is 16.3. The molecular weight excluding hydrogens is 375 g/mol. The van der Waals surface area contributed by atoms with Crippen molar-refractivity contribution in [2.45, 2.75) is 33.9 Å². The van der Waals surface area contributed by atoms with Gasteiger partial charge in [0.25, 0.3) is 5.91 Å². The molecule has 0 aliphatic rings. The van der Waals surface area contributed by atoms with Gasteiger partial charge in [0.2, 0.25) is 0 Å². The Morgan fingerprint density at radius 2 is 1.77 bits per heavy atom. The summed E-state index contributed by atoms with van der Waals surface area (Å²) in [4.78, 5) is 12.7. The molecule has 0 spiro atoms. The second kappa shape index (κ2) is 8.15. The van der Waals surface area contributed by atoms with E-state index in [1.54, 1.807) is 6.07 Å². The number of fused-ring (bicyclic) bond motifs is 1. The molecule has 0 atom stereocenters. The Morgan fingerprint density at radius 1 is 0.967 bits per heavy atom. The van der Waals surface area contributed by atoms with Gasteiger partial charge in [-0.3, -0.25) is 4.79 Å². The van der Waals surface area contributed by atoms with Crippen LogP contribution in [0.15, 0.2) is 66.7 Å². The predicted molar refractivity (Wildman–Crippen MR) is 119 cm³/mol. The molecule has 0 saturated heterocycles. The number of aromatic nitrogens is 1. The zero-order valence-electron chi connectivity index (χ0n) is 17.5. The van der Waals surface area contributed by atoms with Crippen molar-refractivity contribution in [2.75, 3.05) is 0 Å². The SMILES string of the molecule is Cc1cccc(CNC(=O)c2ccc3c(c2)c(C)c(C)n3Cc2ccccc2F)c1. The Morgan fingerprint density at radius 3 is 2.53 bits per heavy atom. The predicted octanol–water partition coefficient (Wildman–Crippen LogP) is 5.68. The molecule has 152 valence electrons. The lowest BCUT2D eigenvalue weighted by Crippen LogP contribution is -2.22. The van der Waals surface area contributed by atoms with Crippen molar-refractivity contribution in [1.82, 2.24) is 9.88 Å². The van der Waals surface area contributed by atoms with E-state index in [1.807, 2.05) is 69.3 Å². The summed E-state index contributed by atoms with van der Waals surface area (Å²) in [6, 6.07) is 20.7. The number of nitrogens with zero attached hydrogens (tertiary/aromatic N) is 1. The molecule has 3 aromatic carbocycles. The van der Waals surface area contributed by atoms with Crippen molar-refractivity contribution in [2.24, 2.45) is 0 Å². The number of rotatable bonds is 5. The second-order valence-corrected chi connectivity index (χ2v) is 7.79. The number of amides is 1. The van der Waals surface area contributed by atoms with Crippen LogP contribution in [0.25, 0.3) is 10.9 Å². The highest BCUT2D eigenvalue weighted by molar-refractivity contribution is 5.99. The maximum absolute atomic E-state index is 14.2. The van der Waals surface area contributed by atoms with Gasteiger partial charge in [0.1, 0.15) is 5.82 Å². The van der Waals surface area contributed by atoms with E-state index in [0.29, 0.717) is 24.2 Å². The van der Waals surface area contributed by atoms with Crippen LogP contribution < -0.4 is 5.32 Å². The summed E-state index contributed by atoms with van der Waals surface area (Å²) in [6.07, 6.45) is 0. The molecule has 0 unspecified atom stereocenters. The van der Waals surface area contributed by atoms with Gasteiger partial charge in [-0.25, -0.2) is 4.39 Å². The molecule has 1 amide bonds. The minimum atomic E-state index is -0.205. The zero-order chi connectivity index (χ0) is 21.3. The van der Waals surface area contributed by atoms with Crippen molar-refractivity contribution >= 4 is 16.8 Å². The van der Waals surface area contributed by atoms with Crippen LogP contribution in [-0.4, -0.2) is 10.5 Å². The maximum atomic E-state index is 14.2. The molecule has 1 aromatic heterocycles.